The Kier molecular flexibility index (Phi) is 14.9. The van der Waals surface area contributed by atoms with Crippen molar-refractivity contribution in [3.8, 4) is 88.3 Å². The van der Waals surface area contributed by atoms with Crippen molar-refractivity contribution in [2.24, 2.45) is 0 Å². The highest BCUT2D eigenvalue weighted by molar-refractivity contribution is 7.25. The molecule has 10 nitrogen and oxygen atoms in total. The standard InChI is InChI=1S/C82H46F2N6O4S4/c1-41-7-15-49(16-8-41)81(50-17-9-42(2)10-18-50)63-30-60-64(29-59(63)77-65(81)33-71(97-77)79-69(93-5)27-53(95-79)25-61-73(47(37-87)38-88)55-23-45(35-85)46(36-86)24-57(55)75(61)91)82(51-19-11-43(3)12-20-51,52-21-13-44(4)14-22-52)66-34-72(98-78(60)66)80-70(94-6)28-54(96-80)26-62-74(48(39-89)40-90)56-31-67(83)68(84)32-58(56)76(62)92/h7-34H,1-6H3/b61-25-,62-26-. The molecule has 15 rings (SSSR count). The second-order valence-electron chi connectivity index (χ2n) is 24.4. The number of nitriles is 6. The van der Waals surface area contributed by atoms with E-state index < -0.39 is 39.6 Å². The second kappa shape index (κ2) is 23.4. The predicted molar refractivity (Wildman–Crippen MR) is 379 cm³/mol. The van der Waals surface area contributed by atoms with Gasteiger partial charge in [-0.15, -0.1) is 45.3 Å². The van der Waals surface area contributed by atoms with Crippen molar-refractivity contribution in [1.82, 2.24) is 0 Å². The summed E-state index contributed by atoms with van der Waals surface area (Å²) in [4.78, 5) is 35.2. The first-order valence-electron chi connectivity index (χ1n) is 30.7. The lowest BCUT2D eigenvalue weighted by atomic mass is 9.65. The third-order valence-corrected chi connectivity index (χ3v) is 23.8. The predicted octanol–water partition coefficient (Wildman–Crippen LogP) is 19.4. The number of hydrogen-bond acceptors (Lipinski definition) is 14. The lowest BCUT2D eigenvalue weighted by Crippen LogP contribution is -2.30. The Morgan fingerprint density at radius 1 is 0.398 bits per heavy atom. The molecular weight excluding hydrogens is 1300 g/mol. The molecule has 0 atom stereocenters. The molecule has 0 bridgehead atoms. The van der Waals surface area contributed by atoms with E-state index in [1.54, 1.807) is 55.1 Å². The molecule has 0 N–H and O–H groups in total. The highest BCUT2D eigenvalue weighted by atomic mass is 32.1. The van der Waals surface area contributed by atoms with E-state index in [0.29, 0.717) is 21.3 Å². The van der Waals surface area contributed by atoms with Gasteiger partial charge in [0.1, 0.15) is 59.1 Å². The number of fused-ring (bicyclic) bond motifs is 8. The van der Waals surface area contributed by atoms with E-state index in [4.69, 9.17) is 9.47 Å². The molecule has 4 aliphatic carbocycles. The number of methoxy groups -OCH3 is 2. The Labute approximate surface area is 578 Å². The topological polar surface area (TPSA) is 195 Å². The van der Waals surface area contributed by atoms with Gasteiger partial charge in [-0.2, -0.15) is 31.6 Å². The zero-order valence-corrected chi connectivity index (χ0v) is 56.1. The number of hydrogen-bond donors (Lipinski definition) is 0. The Bertz CT molecular complexity index is 5710. The number of rotatable bonds is 10. The summed E-state index contributed by atoms with van der Waals surface area (Å²) in [5.74, 6) is -2.56. The van der Waals surface area contributed by atoms with Crippen LogP contribution in [0.2, 0.25) is 0 Å². The van der Waals surface area contributed by atoms with Gasteiger partial charge in [-0.1, -0.05) is 119 Å². The third kappa shape index (κ3) is 9.12. The van der Waals surface area contributed by atoms with Gasteiger partial charge in [0.05, 0.1) is 45.9 Å². The molecule has 0 saturated heterocycles. The second-order valence-corrected chi connectivity index (χ2v) is 28.7. The number of carbonyl (C=O) groups is 2. The van der Waals surface area contributed by atoms with Crippen molar-refractivity contribution in [2.75, 3.05) is 14.2 Å². The number of halogens is 2. The van der Waals surface area contributed by atoms with E-state index in [1.807, 2.05) is 42.5 Å². The quantitative estimate of drug-likeness (QED) is 0.0939. The summed E-state index contributed by atoms with van der Waals surface area (Å²) < 4.78 is 42.1. The van der Waals surface area contributed by atoms with Gasteiger partial charge in [-0.05, 0) is 167 Å². The van der Waals surface area contributed by atoms with Gasteiger partial charge in [-0.25, -0.2) is 8.78 Å². The van der Waals surface area contributed by atoms with Crippen LogP contribution in [0.15, 0.2) is 180 Å². The summed E-state index contributed by atoms with van der Waals surface area (Å²) in [6, 6.07) is 63.9. The number of benzene rings is 7. The van der Waals surface area contributed by atoms with Crippen LogP contribution in [0.4, 0.5) is 8.78 Å². The highest BCUT2D eigenvalue weighted by Gasteiger charge is 2.53. The molecule has 0 radical (unpaired) electrons. The van der Waals surface area contributed by atoms with E-state index >= 15 is 0 Å². The van der Waals surface area contributed by atoms with E-state index in [-0.39, 0.29) is 61.2 Å². The number of allylic oxidation sites excluding steroid dienone is 6. The minimum absolute atomic E-state index is 0.00153. The van der Waals surface area contributed by atoms with Crippen LogP contribution < -0.4 is 9.47 Å². The summed E-state index contributed by atoms with van der Waals surface area (Å²) >= 11 is 6.01. The van der Waals surface area contributed by atoms with E-state index in [9.17, 15) is 49.9 Å². The van der Waals surface area contributed by atoms with Gasteiger partial charge in [-0.3, -0.25) is 9.59 Å². The molecule has 0 saturated carbocycles. The number of nitrogens with zero attached hydrogens (tertiary/aromatic N) is 6. The van der Waals surface area contributed by atoms with Crippen molar-refractivity contribution in [1.29, 1.82) is 31.6 Å². The maximum atomic E-state index is 14.9. The van der Waals surface area contributed by atoms with Crippen LogP contribution in [0.5, 0.6) is 11.5 Å². The van der Waals surface area contributed by atoms with Crippen LogP contribution in [0.25, 0.3) is 63.7 Å². The molecule has 11 aromatic rings. The van der Waals surface area contributed by atoms with E-state index in [0.717, 1.165) is 119 Å². The molecular formula is C82H46F2N6O4S4. The molecule has 0 fully saturated rings. The molecule has 0 aliphatic heterocycles. The largest absolute Gasteiger partial charge is 0.495 e. The number of carbonyl (C=O) groups excluding carboxylic acids is 2. The smallest absolute Gasteiger partial charge is 0.194 e. The normalized spacial score (nSPS) is 14.7. The number of thiophene rings is 4. The Balaban J connectivity index is 0.970. The van der Waals surface area contributed by atoms with Crippen LogP contribution in [0.3, 0.4) is 0 Å². The minimum Gasteiger partial charge on any atom is -0.495 e. The van der Waals surface area contributed by atoms with Gasteiger partial charge in [0.15, 0.2) is 23.2 Å². The molecule has 466 valence electrons. The maximum absolute atomic E-state index is 14.9. The summed E-state index contributed by atoms with van der Waals surface area (Å²) in [6.45, 7) is 8.30. The highest BCUT2D eigenvalue weighted by Crippen LogP contribution is 2.67. The van der Waals surface area contributed by atoms with Crippen LogP contribution in [0, 0.1) is 107 Å². The third-order valence-electron chi connectivity index (χ3n) is 19.0. The van der Waals surface area contributed by atoms with E-state index in [2.05, 4.69) is 149 Å². The van der Waals surface area contributed by atoms with Gasteiger partial charge < -0.3 is 9.47 Å². The number of ether oxygens (including phenoxy) is 2. The Morgan fingerprint density at radius 3 is 1.06 bits per heavy atom. The van der Waals surface area contributed by atoms with Crippen molar-refractivity contribution in [2.45, 2.75) is 38.5 Å². The first-order valence-corrected chi connectivity index (χ1v) is 34.0. The van der Waals surface area contributed by atoms with Gasteiger partial charge >= 0.3 is 0 Å². The zero-order chi connectivity index (χ0) is 68.4. The number of Topliss-reactive ketones (excluding diaryl/α,β-unsaturated/α-hetero) is 2. The molecule has 4 aliphatic rings. The summed E-state index contributed by atoms with van der Waals surface area (Å²) in [7, 11) is 3.17. The lowest BCUT2D eigenvalue weighted by molar-refractivity contribution is 0.103. The van der Waals surface area contributed by atoms with E-state index in [1.165, 1.54) is 34.8 Å². The maximum Gasteiger partial charge on any atom is 0.194 e. The van der Waals surface area contributed by atoms with Gasteiger partial charge in [0.25, 0.3) is 0 Å². The van der Waals surface area contributed by atoms with Gasteiger partial charge in [0.2, 0.25) is 0 Å². The van der Waals surface area contributed by atoms with Gasteiger partial charge in [0, 0.05) is 62.7 Å². The monoisotopic (exact) mass is 1340 g/mol. The first kappa shape index (κ1) is 62.2. The minimum atomic E-state index is -1.23. The summed E-state index contributed by atoms with van der Waals surface area (Å²) in [5, 5.41) is 60.8. The van der Waals surface area contributed by atoms with Crippen molar-refractivity contribution in [3.05, 3.63) is 302 Å². The fourth-order valence-corrected chi connectivity index (χ4v) is 19.4. The molecule has 16 heteroatoms. The lowest BCUT2D eigenvalue weighted by Gasteiger charge is -2.35. The summed E-state index contributed by atoms with van der Waals surface area (Å²) in [5.41, 5.74) is 12.4. The fraction of sp³-hybridized carbons (Fsp3) is 0.0976. The molecule has 98 heavy (non-hydrogen) atoms. The van der Waals surface area contributed by atoms with Crippen molar-refractivity contribution < 1.29 is 27.8 Å². The van der Waals surface area contributed by atoms with Crippen LogP contribution in [-0.2, 0) is 10.8 Å². The van der Waals surface area contributed by atoms with Crippen LogP contribution in [0.1, 0.15) is 119 Å². The molecule has 7 aromatic carbocycles. The zero-order valence-electron chi connectivity index (χ0n) is 52.9. The Hall–Kier alpha value is -12.0. The fourth-order valence-electron chi connectivity index (χ4n) is 14.5. The molecule has 4 heterocycles. The molecule has 0 spiro atoms. The average Bonchev–Trinajstić information content (AvgIpc) is 1.50. The Morgan fingerprint density at radius 2 is 0.724 bits per heavy atom. The molecule has 4 aromatic heterocycles. The SMILES string of the molecule is COc1cc(/C=C2\C(=O)c3cc(F)c(F)cc3C2=C(C#N)C#N)sc1-c1cc2c(s1)-c1cc3c(cc1C2(c1ccc(C)cc1)c1ccc(C)cc1)-c1sc(-c2sc(/C=C4\C(=O)c5cc(C#N)c(C#N)cc5C4=C(C#N)C#N)cc2OC)cc1C3(c1ccc(C)cc1)c1ccc(C)cc1. The first-order chi connectivity index (χ1) is 47.4. The summed E-state index contributed by atoms with van der Waals surface area (Å²) in [6.07, 6.45) is 3.21. The van der Waals surface area contributed by atoms with Crippen molar-refractivity contribution in [3.63, 3.8) is 0 Å². The van der Waals surface area contributed by atoms with Crippen LogP contribution in [-0.4, -0.2) is 25.8 Å². The molecule has 0 amide bonds. The van der Waals surface area contributed by atoms with Crippen molar-refractivity contribution >= 4 is 80.2 Å². The molecule has 0 unspecified atom stereocenters. The average molecular weight is 1350 g/mol. The number of ketones is 2. The van der Waals surface area contributed by atoms with Crippen LogP contribution >= 0.6 is 45.3 Å². The number of aryl methyl sites for hydroxylation is 4.